The molecule has 2 aliphatic rings. The zero-order chi connectivity index (χ0) is 24.9. The van der Waals surface area contributed by atoms with Crippen LogP contribution >= 0.6 is 0 Å². The molecule has 0 saturated heterocycles. The van der Waals surface area contributed by atoms with Gasteiger partial charge in [0.05, 0.1) is 6.42 Å². The van der Waals surface area contributed by atoms with Crippen molar-refractivity contribution in [3.8, 4) is 11.1 Å². The topological polar surface area (TPSA) is 105 Å². The van der Waals surface area contributed by atoms with E-state index in [2.05, 4.69) is 34.9 Å². The first kappa shape index (κ1) is 24.8. The summed E-state index contributed by atoms with van der Waals surface area (Å²) in [7, 11) is 0. The minimum atomic E-state index is -0.840. The van der Waals surface area contributed by atoms with Gasteiger partial charge in [-0.25, -0.2) is 4.79 Å². The molecule has 7 nitrogen and oxygen atoms in total. The Labute approximate surface area is 206 Å². The molecule has 3 N–H and O–H groups in total. The maximum atomic E-state index is 12.7. The van der Waals surface area contributed by atoms with Gasteiger partial charge in [-0.3, -0.25) is 9.59 Å². The van der Waals surface area contributed by atoms with Crippen LogP contribution in [0.3, 0.4) is 0 Å². The maximum absolute atomic E-state index is 12.7. The van der Waals surface area contributed by atoms with Gasteiger partial charge in [-0.1, -0.05) is 68.8 Å². The number of ether oxygens (including phenoxy) is 1. The van der Waals surface area contributed by atoms with E-state index in [1.807, 2.05) is 38.1 Å². The molecule has 2 amide bonds. The molecule has 2 aliphatic carbocycles. The number of alkyl carbamates (subject to hydrolysis) is 1. The van der Waals surface area contributed by atoms with Gasteiger partial charge in [-0.15, -0.1) is 0 Å². The number of benzene rings is 2. The maximum Gasteiger partial charge on any atom is 0.407 e. The summed E-state index contributed by atoms with van der Waals surface area (Å²) in [5.41, 5.74) is 4.63. The first-order chi connectivity index (χ1) is 16.8. The number of carboxylic acid groups (broad SMARTS) is 1. The third kappa shape index (κ3) is 5.84. The Morgan fingerprint density at radius 1 is 1.00 bits per heavy atom. The van der Waals surface area contributed by atoms with E-state index in [0.29, 0.717) is 0 Å². The second-order valence-corrected chi connectivity index (χ2v) is 9.99. The van der Waals surface area contributed by atoms with Gasteiger partial charge in [-0.2, -0.15) is 0 Å². The van der Waals surface area contributed by atoms with E-state index >= 15 is 0 Å². The van der Waals surface area contributed by atoms with Crippen LogP contribution in [-0.2, 0) is 14.3 Å². The van der Waals surface area contributed by atoms with E-state index < -0.39 is 12.1 Å². The molecule has 2 aromatic carbocycles. The number of carbonyl (C=O) groups excluding carboxylic acids is 2. The highest BCUT2D eigenvalue weighted by Gasteiger charge is 2.32. The molecule has 0 aromatic heterocycles. The molecule has 0 spiro atoms. The molecule has 1 fully saturated rings. The van der Waals surface area contributed by atoms with Gasteiger partial charge in [0.25, 0.3) is 0 Å². The summed E-state index contributed by atoms with van der Waals surface area (Å²) < 4.78 is 5.65. The minimum absolute atomic E-state index is 0.0255. The van der Waals surface area contributed by atoms with Crippen LogP contribution in [0.2, 0.25) is 0 Å². The van der Waals surface area contributed by atoms with Crippen molar-refractivity contribution in [2.45, 2.75) is 64.0 Å². The Balaban J connectivity index is 1.32. The van der Waals surface area contributed by atoms with Crippen molar-refractivity contribution >= 4 is 18.0 Å². The first-order valence-electron chi connectivity index (χ1n) is 12.5. The van der Waals surface area contributed by atoms with E-state index in [-0.39, 0.29) is 55.2 Å². The first-order valence-corrected chi connectivity index (χ1v) is 12.5. The number of aliphatic carboxylic acids is 1. The largest absolute Gasteiger partial charge is 0.481 e. The van der Waals surface area contributed by atoms with Gasteiger partial charge in [-0.05, 0) is 46.9 Å². The molecule has 1 unspecified atom stereocenters. The number of rotatable bonds is 9. The zero-order valence-electron chi connectivity index (χ0n) is 20.3. The number of amides is 2. The quantitative estimate of drug-likeness (QED) is 0.485. The standard InChI is InChI=1S/C28H34N2O5/c1-17(2)25(15-26(31)29-24-13-7-8-18(24)14-27(32)33)30-28(34)35-16-23-21-11-5-3-9-19(21)20-10-4-6-12-22(20)23/h3-6,9-12,17-18,23-25H,7-8,13-16H2,1-2H3,(H,29,31)(H,30,34)(H,32,33)/t18-,24+,25?/m0/s1. The van der Waals surface area contributed by atoms with E-state index in [4.69, 9.17) is 9.84 Å². The molecule has 7 heteroatoms. The Kier molecular flexibility index (Phi) is 7.73. The normalized spacial score (nSPS) is 19.6. The van der Waals surface area contributed by atoms with E-state index in [1.54, 1.807) is 0 Å². The molecule has 1 saturated carbocycles. The predicted molar refractivity (Wildman–Crippen MR) is 133 cm³/mol. The number of fused-ring (bicyclic) bond motifs is 3. The Hall–Kier alpha value is -3.35. The van der Waals surface area contributed by atoms with E-state index in [1.165, 1.54) is 11.1 Å². The van der Waals surface area contributed by atoms with Gasteiger partial charge in [0.15, 0.2) is 0 Å². The van der Waals surface area contributed by atoms with Crippen molar-refractivity contribution in [2.75, 3.05) is 6.61 Å². The molecule has 0 aliphatic heterocycles. The molecule has 186 valence electrons. The number of hydrogen-bond acceptors (Lipinski definition) is 4. The molecular weight excluding hydrogens is 444 g/mol. The summed E-state index contributed by atoms with van der Waals surface area (Å²) in [5.74, 6) is -1.05. The Bertz CT molecular complexity index is 1040. The lowest BCUT2D eigenvalue weighted by Gasteiger charge is -2.25. The van der Waals surface area contributed by atoms with Gasteiger partial charge < -0.3 is 20.5 Å². The van der Waals surface area contributed by atoms with Crippen LogP contribution in [0.15, 0.2) is 48.5 Å². The summed E-state index contributed by atoms with van der Waals surface area (Å²) in [4.78, 5) is 36.5. The highest BCUT2D eigenvalue weighted by atomic mass is 16.5. The van der Waals surface area contributed by atoms with Crippen molar-refractivity contribution in [3.05, 3.63) is 59.7 Å². The average molecular weight is 479 g/mol. The summed E-state index contributed by atoms with van der Waals surface area (Å²) in [5, 5.41) is 15.0. The van der Waals surface area contributed by atoms with Crippen LogP contribution in [0, 0.1) is 11.8 Å². The SMILES string of the molecule is CC(C)C(CC(=O)N[C@@H]1CCC[C@H]1CC(=O)O)NC(=O)OCC1c2ccccc2-c2ccccc21. The van der Waals surface area contributed by atoms with E-state index in [9.17, 15) is 14.4 Å². The molecular formula is C28H34N2O5. The lowest BCUT2D eigenvalue weighted by Crippen LogP contribution is -2.45. The van der Waals surface area contributed by atoms with Crippen LogP contribution in [0.5, 0.6) is 0 Å². The molecule has 35 heavy (non-hydrogen) atoms. The van der Waals surface area contributed by atoms with E-state index in [0.717, 1.165) is 30.4 Å². The second kappa shape index (κ2) is 10.9. The van der Waals surface area contributed by atoms with Gasteiger partial charge in [0, 0.05) is 24.4 Å². The molecule has 4 rings (SSSR count). The number of nitrogens with one attached hydrogen (secondary N) is 2. The lowest BCUT2D eigenvalue weighted by atomic mass is 9.97. The Morgan fingerprint density at radius 3 is 2.23 bits per heavy atom. The molecule has 0 bridgehead atoms. The van der Waals surface area contributed by atoms with Crippen LogP contribution in [-0.4, -0.2) is 41.8 Å². The third-order valence-electron chi connectivity index (χ3n) is 7.30. The van der Waals surface area contributed by atoms with Crippen LogP contribution in [0.4, 0.5) is 4.79 Å². The summed E-state index contributed by atoms with van der Waals surface area (Å²) >= 11 is 0. The van der Waals surface area contributed by atoms with Gasteiger partial charge in [0.2, 0.25) is 5.91 Å². The highest BCUT2D eigenvalue weighted by Crippen LogP contribution is 2.44. The smallest absolute Gasteiger partial charge is 0.407 e. The molecule has 0 radical (unpaired) electrons. The minimum Gasteiger partial charge on any atom is -0.481 e. The lowest BCUT2D eigenvalue weighted by molar-refractivity contribution is -0.138. The van der Waals surface area contributed by atoms with Crippen molar-refractivity contribution < 1.29 is 24.2 Å². The fourth-order valence-corrected chi connectivity index (χ4v) is 5.41. The number of carbonyl (C=O) groups is 3. The zero-order valence-corrected chi connectivity index (χ0v) is 20.3. The summed E-state index contributed by atoms with van der Waals surface area (Å²) in [6.45, 7) is 4.12. The van der Waals surface area contributed by atoms with Crippen molar-refractivity contribution in [3.63, 3.8) is 0 Å². The van der Waals surface area contributed by atoms with Crippen LogP contribution in [0.1, 0.15) is 63.0 Å². The average Bonchev–Trinajstić information content (AvgIpc) is 3.38. The monoisotopic (exact) mass is 478 g/mol. The fraction of sp³-hybridized carbons (Fsp3) is 0.464. The summed E-state index contributed by atoms with van der Waals surface area (Å²) in [6, 6.07) is 15.8. The number of carboxylic acids is 1. The van der Waals surface area contributed by atoms with Crippen molar-refractivity contribution in [1.29, 1.82) is 0 Å². The van der Waals surface area contributed by atoms with Gasteiger partial charge >= 0.3 is 12.1 Å². The molecule has 2 aromatic rings. The van der Waals surface area contributed by atoms with Gasteiger partial charge in [0.1, 0.15) is 6.61 Å². The van der Waals surface area contributed by atoms with Crippen LogP contribution in [0.25, 0.3) is 11.1 Å². The van der Waals surface area contributed by atoms with Crippen molar-refractivity contribution in [1.82, 2.24) is 10.6 Å². The molecule has 3 atom stereocenters. The van der Waals surface area contributed by atoms with Crippen molar-refractivity contribution in [2.24, 2.45) is 11.8 Å². The molecule has 0 heterocycles. The van der Waals surface area contributed by atoms with Crippen LogP contribution < -0.4 is 10.6 Å². The fourth-order valence-electron chi connectivity index (χ4n) is 5.41. The summed E-state index contributed by atoms with van der Waals surface area (Å²) in [6.07, 6.45) is 2.16. The number of hydrogen-bond donors (Lipinski definition) is 3. The third-order valence-corrected chi connectivity index (χ3v) is 7.30. The highest BCUT2D eigenvalue weighted by molar-refractivity contribution is 5.80. The Morgan fingerprint density at radius 2 is 1.63 bits per heavy atom. The predicted octanol–water partition coefficient (Wildman–Crippen LogP) is 4.70. The second-order valence-electron chi connectivity index (χ2n) is 9.99.